The summed E-state index contributed by atoms with van der Waals surface area (Å²) in [6.07, 6.45) is 6.27. The first kappa shape index (κ1) is 16.8. The van der Waals surface area contributed by atoms with Crippen molar-refractivity contribution >= 4 is 29.3 Å². The van der Waals surface area contributed by atoms with Gasteiger partial charge < -0.3 is 14.8 Å². The van der Waals surface area contributed by atoms with Gasteiger partial charge in [0.1, 0.15) is 0 Å². The topological polar surface area (TPSA) is 60.5 Å². The molecule has 0 aliphatic rings. The first-order chi connectivity index (χ1) is 11.1. The number of methoxy groups -OCH3 is 1. The van der Waals surface area contributed by atoms with E-state index in [0.29, 0.717) is 28.8 Å². The number of carbonyl (C=O) groups excluding carboxylic acids is 1. The number of aromatic nitrogens is 1. The summed E-state index contributed by atoms with van der Waals surface area (Å²) in [6, 6.07) is 6.97. The van der Waals surface area contributed by atoms with Gasteiger partial charge in [0.15, 0.2) is 11.5 Å². The Bertz CT molecular complexity index is 702. The van der Waals surface area contributed by atoms with Crippen LogP contribution in [0.1, 0.15) is 12.5 Å². The lowest BCUT2D eigenvalue weighted by atomic mass is 10.2. The highest BCUT2D eigenvalue weighted by atomic mass is 35.5. The van der Waals surface area contributed by atoms with Crippen LogP contribution in [0.5, 0.6) is 11.5 Å². The lowest BCUT2D eigenvalue weighted by molar-refractivity contribution is -0.111. The van der Waals surface area contributed by atoms with E-state index in [1.807, 2.05) is 6.92 Å². The van der Waals surface area contributed by atoms with Crippen molar-refractivity contribution in [1.82, 2.24) is 4.98 Å². The van der Waals surface area contributed by atoms with E-state index in [2.05, 4.69) is 10.3 Å². The molecule has 1 amide bonds. The summed E-state index contributed by atoms with van der Waals surface area (Å²) in [5, 5.41) is 3.14. The third kappa shape index (κ3) is 4.72. The molecular formula is C17H17ClN2O3. The van der Waals surface area contributed by atoms with E-state index in [-0.39, 0.29) is 5.91 Å². The number of nitrogens with one attached hydrogen (secondary N) is 1. The van der Waals surface area contributed by atoms with E-state index in [9.17, 15) is 4.79 Å². The Morgan fingerprint density at radius 2 is 2.26 bits per heavy atom. The highest BCUT2D eigenvalue weighted by molar-refractivity contribution is 6.32. The fraction of sp³-hybridized carbons (Fsp3) is 0.176. The van der Waals surface area contributed by atoms with Crippen LogP contribution < -0.4 is 14.8 Å². The maximum absolute atomic E-state index is 11.9. The van der Waals surface area contributed by atoms with Gasteiger partial charge in [-0.2, -0.15) is 0 Å². The molecule has 1 heterocycles. The Kier molecular flexibility index (Phi) is 6.00. The molecule has 1 aromatic carbocycles. The average Bonchev–Trinajstić information content (AvgIpc) is 2.56. The van der Waals surface area contributed by atoms with E-state index in [1.165, 1.54) is 13.2 Å². The predicted molar refractivity (Wildman–Crippen MR) is 91.1 cm³/mol. The highest BCUT2D eigenvalue weighted by Gasteiger charge is 2.10. The zero-order valence-corrected chi connectivity index (χ0v) is 13.6. The maximum Gasteiger partial charge on any atom is 0.248 e. The molecule has 1 N–H and O–H groups in total. The van der Waals surface area contributed by atoms with Crippen LogP contribution in [0, 0.1) is 0 Å². The SMILES string of the molecule is CCOc1c(Cl)cc(/C=C/C(=O)Nc2cccnc2)cc1OC. The molecule has 0 aliphatic carbocycles. The second-order valence-corrected chi connectivity index (χ2v) is 4.94. The summed E-state index contributed by atoms with van der Waals surface area (Å²) >= 11 is 6.19. The van der Waals surface area contributed by atoms with Crippen LogP contribution in [0.2, 0.25) is 5.02 Å². The Hall–Kier alpha value is -2.53. The van der Waals surface area contributed by atoms with Gasteiger partial charge >= 0.3 is 0 Å². The minimum absolute atomic E-state index is 0.262. The minimum atomic E-state index is -0.262. The normalized spacial score (nSPS) is 10.6. The second-order valence-electron chi connectivity index (χ2n) is 4.53. The van der Waals surface area contributed by atoms with Crippen molar-refractivity contribution in [3.63, 3.8) is 0 Å². The molecule has 0 saturated carbocycles. The first-order valence-corrected chi connectivity index (χ1v) is 7.41. The molecule has 0 unspecified atom stereocenters. The lowest BCUT2D eigenvalue weighted by Gasteiger charge is -2.11. The zero-order chi connectivity index (χ0) is 16.7. The van der Waals surface area contributed by atoms with Crippen LogP contribution in [-0.4, -0.2) is 24.6 Å². The van der Waals surface area contributed by atoms with Crippen molar-refractivity contribution in [3.8, 4) is 11.5 Å². The quantitative estimate of drug-likeness (QED) is 0.817. The van der Waals surface area contributed by atoms with Gasteiger partial charge in [0, 0.05) is 12.3 Å². The van der Waals surface area contributed by atoms with Gasteiger partial charge in [0.2, 0.25) is 5.91 Å². The van der Waals surface area contributed by atoms with Crippen LogP contribution in [0.3, 0.4) is 0 Å². The molecule has 120 valence electrons. The van der Waals surface area contributed by atoms with Gasteiger partial charge in [-0.3, -0.25) is 9.78 Å². The number of benzene rings is 1. The molecule has 5 nitrogen and oxygen atoms in total. The summed E-state index contributed by atoms with van der Waals surface area (Å²) < 4.78 is 10.7. The third-order valence-corrected chi connectivity index (χ3v) is 3.18. The van der Waals surface area contributed by atoms with Crippen LogP contribution in [-0.2, 0) is 4.79 Å². The number of rotatable bonds is 6. The van der Waals surface area contributed by atoms with Gasteiger partial charge in [-0.1, -0.05) is 11.6 Å². The molecule has 0 spiro atoms. The fourth-order valence-corrected chi connectivity index (χ4v) is 2.19. The van der Waals surface area contributed by atoms with Crippen LogP contribution >= 0.6 is 11.6 Å². The number of anilines is 1. The van der Waals surface area contributed by atoms with Crippen LogP contribution in [0.4, 0.5) is 5.69 Å². The molecule has 0 saturated heterocycles. The number of nitrogens with zero attached hydrogens (tertiary/aromatic N) is 1. The molecule has 23 heavy (non-hydrogen) atoms. The molecule has 6 heteroatoms. The van der Waals surface area contributed by atoms with Gasteiger partial charge in [-0.25, -0.2) is 0 Å². The predicted octanol–water partition coefficient (Wildman–Crippen LogP) is 3.79. The zero-order valence-electron chi connectivity index (χ0n) is 12.9. The van der Waals surface area contributed by atoms with E-state index < -0.39 is 0 Å². The van der Waals surface area contributed by atoms with Crippen molar-refractivity contribution < 1.29 is 14.3 Å². The van der Waals surface area contributed by atoms with Crippen molar-refractivity contribution in [2.45, 2.75) is 6.92 Å². The van der Waals surface area contributed by atoms with Crippen molar-refractivity contribution in [2.24, 2.45) is 0 Å². The largest absolute Gasteiger partial charge is 0.493 e. The smallest absolute Gasteiger partial charge is 0.248 e. The lowest BCUT2D eigenvalue weighted by Crippen LogP contribution is -2.07. The molecule has 0 aliphatic heterocycles. The molecular weight excluding hydrogens is 316 g/mol. The number of ether oxygens (including phenoxy) is 2. The summed E-state index contributed by atoms with van der Waals surface area (Å²) in [5.74, 6) is 0.752. The van der Waals surface area contributed by atoms with Gasteiger partial charge in [-0.15, -0.1) is 0 Å². The number of halogens is 1. The standard InChI is InChI=1S/C17H17ClN2O3/c1-3-23-17-14(18)9-12(10-15(17)22-2)6-7-16(21)20-13-5-4-8-19-11-13/h4-11H,3H2,1-2H3,(H,20,21)/b7-6+. The summed E-state index contributed by atoms with van der Waals surface area (Å²) in [4.78, 5) is 15.8. The van der Waals surface area contributed by atoms with Crippen LogP contribution in [0.15, 0.2) is 42.7 Å². The molecule has 0 radical (unpaired) electrons. The van der Waals surface area contributed by atoms with Crippen molar-refractivity contribution in [3.05, 3.63) is 53.3 Å². The van der Waals surface area contributed by atoms with Crippen LogP contribution in [0.25, 0.3) is 6.08 Å². The number of hydrogen-bond acceptors (Lipinski definition) is 4. The van der Waals surface area contributed by atoms with E-state index in [1.54, 1.807) is 42.7 Å². The number of carbonyl (C=O) groups is 1. The molecule has 0 atom stereocenters. The summed E-state index contributed by atoms with van der Waals surface area (Å²) in [6.45, 7) is 2.35. The number of hydrogen-bond donors (Lipinski definition) is 1. The average molecular weight is 333 g/mol. The van der Waals surface area contributed by atoms with E-state index >= 15 is 0 Å². The van der Waals surface area contributed by atoms with E-state index in [4.69, 9.17) is 21.1 Å². The molecule has 0 bridgehead atoms. The second kappa shape index (κ2) is 8.19. The molecule has 1 aromatic heterocycles. The monoisotopic (exact) mass is 332 g/mol. The first-order valence-electron chi connectivity index (χ1n) is 7.03. The minimum Gasteiger partial charge on any atom is -0.493 e. The Labute approximate surface area is 139 Å². The van der Waals surface area contributed by atoms with Crippen molar-refractivity contribution in [2.75, 3.05) is 19.0 Å². The fourth-order valence-electron chi connectivity index (χ4n) is 1.91. The molecule has 2 rings (SSSR count). The van der Waals surface area contributed by atoms with Gasteiger partial charge in [-0.05, 0) is 42.8 Å². The summed E-state index contributed by atoms with van der Waals surface area (Å²) in [7, 11) is 1.54. The molecule has 2 aromatic rings. The van der Waals surface area contributed by atoms with Gasteiger partial charge in [0.05, 0.1) is 30.6 Å². The van der Waals surface area contributed by atoms with E-state index in [0.717, 1.165) is 5.56 Å². The number of amides is 1. The number of pyridine rings is 1. The van der Waals surface area contributed by atoms with Gasteiger partial charge in [0.25, 0.3) is 0 Å². The highest BCUT2D eigenvalue weighted by Crippen LogP contribution is 2.36. The van der Waals surface area contributed by atoms with Crippen molar-refractivity contribution in [1.29, 1.82) is 0 Å². The maximum atomic E-state index is 11.9. The summed E-state index contributed by atoms with van der Waals surface area (Å²) in [5.41, 5.74) is 1.36. The Morgan fingerprint density at radius 1 is 1.43 bits per heavy atom. The Balaban J connectivity index is 2.13. The third-order valence-electron chi connectivity index (χ3n) is 2.90. The molecule has 0 fully saturated rings. The Morgan fingerprint density at radius 3 is 2.91 bits per heavy atom.